The van der Waals surface area contributed by atoms with E-state index in [-0.39, 0.29) is 30.3 Å². The number of carbonyl (C=O) groups is 2. The Balaban J connectivity index is 1.97. The number of hydrogen-bond acceptors (Lipinski definition) is 5. The molecule has 1 fully saturated rings. The Labute approximate surface area is 161 Å². The van der Waals surface area contributed by atoms with Crippen molar-refractivity contribution in [2.24, 2.45) is 11.8 Å². The van der Waals surface area contributed by atoms with E-state index in [9.17, 15) is 18.0 Å². The molecule has 0 spiro atoms. The van der Waals surface area contributed by atoms with Gasteiger partial charge >= 0.3 is 5.97 Å². The molecule has 1 N–H and O–H groups in total. The van der Waals surface area contributed by atoms with Gasteiger partial charge in [0.05, 0.1) is 17.9 Å². The van der Waals surface area contributed by atoms with Gasteiger partial charge in [-0.2, -0.15) is 4.31 Å². The zero-order valence-corrected chi connectivity index (χ0v) is 16.9. The molecule has 1 heterocycles. The molecule has 1 aromatic carbocycles. The largest absolute Gasteiger partial charge is 0.466 e. The highest BCUT2D eigenvalue weighted by atomic mass is 32.2. The number of amides is 1. The van der Waals surface area contributed by atoms with Crippen molar-refractivity contribution in [3.05, 3.63) is 24.3 Å². The molecule has 1 amide bonds. The monoisotopic (exact) mass is 396 g/mol. The lowest BCUT2D eigenvalue weighted by Crippen LogP contribution is -2.42. The fraction of sp³-hybridized carbons (Fsp3) is 0.579. The average Bonchev–Trinajstić information content (AvgIpc) is 2.60. The van der Waals surface area contributed by atoms with Gasteiger partial charge in [-0.25, -0.2) is 8.42 Å². The maximum atomic E-state index is 12.8. The summed E-state index contributed by atoms with van der Waals surface area (Å²) in [5, 5.41) is 2.66. The first-order chi connectivity index (χ1) is 12.7. The molecule has 0 bridgehead atoms. The molecule has 0 aliphatic carbocycles. The van der Waals surface area contributed by atoms with Gasteiger partial charge in [0.1, 0.15) is 0 Å². The van der Waals surface area contributed by atoms with Crippen LogP contribution in [0.4, 0.5) is 5.69 Å². The van der Waals surface area contributed by atoms with E-state index in [1.54, 1.807) is 23.4 Å². The molecule has 2 atom stereocenters. The van der Waals surface area contributed by atoms with E-state index in [0.29, 0.717) is 30.6 Å². The number of sulfonamides is 1. The van der Waals surface area contributed by atoms with E-state index in [1.807, 2.05) is 0 Å². The maximum Gasteiger partial charge on any atom is 0.306 e. The van der Waals surface area contributed by atoms with Gasteiger partial charge < -0.3 is 10.1 Å². The van der Waals surface area contributed by atoms with Crippen LogP contribution < -0.4 is 5.32 Å². The second-order valence-corrected chi connectivity index (χ2v) is 9.08. The van der Waals surface area contributed by atoms with Crippen LogP contribution in [0.15, 0.2) is 29.2 Å². The van der Waals surface area contributed by atoms with Gasteiger partial charge in [0.15, 0.2) is 0 Å². The minimum atomic E-state index is -3.54. The van der Waals surface area contributed by atoms with Gasteiger partial charge in [-0.15, -0.1) is 0 Å². The molecule has 2 unspecified atom stereocenters. The van der Waals surface area contributed by atoms with Crippen molar-refractivity contribution < 1.29 is 22.7 Å². The second-order valence-electron chi connectivity index (χ2n) is 7.15. The molecule has 2 rings (SSSR count). The molecular formula is C19H28N2O5S. The molecule has 27 heavy (non-hydrogen) atoms. The number of carbonyl (C=O) groups excluding carboxylic acids is 2. The maximum absolute atomic E-state index is 12.8. The number of anilines is 1. The van der Waals surface area contributed by atoms with Gasteiger partial charge in [-0.05, 0) is 49.4 Å². The number of hydrogen-bond donors (Lipinski definition) is 1. The van der Waals surface area contributed by atoms with Crippen molar-refractivity contribution in [1.82, 2.24) is 4.31 Å². The van der Waals surface area contributed by atoms with E-state index in [4.69, 9.17) is 4.74 Å². The summed E-state index contributed by atoms with van der Waals surface area (Å²) in [5.41, 5.74) is 0.489. The molecule has 8 heteroatoms. The third-order valence-corrected chi connectivity index (χ3v) is 6.32. The third-order valence-electron chi connectivity index (χ3n) is 4.47. The number of nitrogens with one attached hydrogen (secondary N) is 1. The Morgan fingerprint density at radius 2 is 1.70 bits per heavy atom. The summed E-state index contributed by atoms with van der Waals surface area (Å²) < 4.78 is 32.0. The molecule has 0 aromatic heterocycles. The molecule has 0 radical (unpaired) electrons. The standard InChI is InChI=1S/C19H28N2O5S/c1-4-26-19(23)10-9-18(22)20-16-5-7-17(8-6-16)27(24,25)21-12-14(2)11-15(3)13-21/h5-8,14-15H,4,9-13H2,1-3H3,(H,20,22). The average molecular weight is 397 g/mol. The quantitative estimate of drug-likeness (QED) is 0.715. The Kier molecular flexibility index (Phi) is 7.38. The smallest absolute Gasteiger partial charge is 0.306 e. The Hall–Kier alpha value is -1.93. The summed E-state index contributed by atoms with van der Waals surface area (Å²) in [5.74, 6) is -0.0700. The molecular weight excluding hydrogens is 368 g/mol. The van der Waals surface area contributed by atoms with Crippen molar-refractivity contribution in [1.29, 1.82) is 0 Å². The van der Waals surface area contributed by atoms with Gasteiger partial charge in [0.25, 0.3) is 0 Å². The van der Waals surface area contributed by atoms with E-state index in [0.717, 1.165) is 6.42 Å². The van der Waals surface area contributed by atoms with Crippen LogP contribution in [0.25, 0.3) is 0 Å². The summed E-state index contributed by atoms with van der Waals surface area (Å²) in [6.07, 6.45) is 1.06. The first kappa shape index (κ1) is 21.4. The van der Waals surface area contributed by atoms with Crippen LogP contribution in [0.1, 0.15) is 40.0 Å². The first-order valence-electron chi connectivity index (χ1n) is 9.28. The van der Waals surface area contributed by atoms with E-state index in [1.165, 1.54) is 12.1 Å². The normalized spacial score (nSPS) is 20.9. The lowest BCUT2D eigenvalue weighted by Gasteiger charge is -2.34. The highest BCUT2D eigenvalue weighted by Crippen LogP contribution is 2.27. The van der Waals surface area contributed by atoms with Gasteiger partial charge in [-0.3, -0.25) is 9.59 Å². The molecule has 7 nitrogen and oxygen atoms in total. The number of rotatable bonds is 7. The van der Waals surface area contributed by atoms with Gasteiger partial charge in [0.2, 0.25) is 15.9 Å². The van der Waals surface area contributed by atoms with Crippen molar-refractivity contribution in [3.8, 4) is 0 Å². The molecule has 150 valence electrons. The zero-order valence-electron chi connectivity index (χ0n) is 16.1. The lowest BCUT2D eigenvalue weighted by molar-refractivity contribution is -0.144. The molecule has 1 saturated heterocycles. The third kappa shape index (κ3) is 6.04. The summed E-state index contributed by atoms with van der Waals surface area (Å²) >= 11 is 0. The highest BCUT2D eigenvalue weighted by molar-refractivity contribution is 7.89. The minimum absolute atomic E-state index is 0.0114. The van der Waals surface area contributed by atoms with Crippen molar-refractivity contribution in [2.45, 2.75) is 44.9 Å². The van der Waals surface area contributed by atoms with E-state index in [2.05, 4.69) is 19.2 Å². The second kappa shape index (κ2) is 9.32. The van der Waals surface area contributed by atoms with Crippen LogP contribution in [0, 0.1) is 11.8 Å². The lowest BCUT2D eigenvalue weighted by atomic mass is 9.94. The molecule has 1 aromatic rings. The fourth-order valence-corrected chi connectivity index (χ4v) is 5.01. The highest BCUT2D eigenvalue weighted by Gasteiger charge is 2.31. The molecule has 0 saturated carbocycles. The number of esters is 1. The SMILES string of the molecule is CCOC(=O)CCC(=O)Nc1ccc(S(=O)(=O)N2CC(C)CC(C)C2)cc1. The van der Waals surface area contributed by atoms with Gasteiger partial charge in [0, 0.05) is 25.2 Å². The topological polar surface area (TPSA) is 92.8 Å². The summed E-state index contributed by atoms with van der Waals surface area (Å²) in [6, 6.07) is 6.12. The molecule has 1 aliphatic rings. The van der Waals surface area contributed by atoms with Crippen LogP contribution in [0.3, 0.4) is 0 Å². The van der Waals surface area contributed by atoms with E-state index < -0.39 is 16.0 Å². The van der Waals surface area contributed by atoms with Crippen molar-refractivity contribution in [3.63, 3.8) is 0 Å². The van der Waals surface area contributed by atoms with Crippen molar-refractivity contribution in [2.75, 3.05) is 25.0 Å². The first-order valence-corrected chi connectivity index (χ1v) is 10.7. The van der Waals surface area contributed by atoms with Crippen molar-refractivity contribution >= 4 is 27.6 Å². The predicted molar refractivity (Wildman–Crippen MR) is 103 cm³/mol. The zero-order chi connectivity index (χ0) is 20.0. The Morgan fingerprint density at radius 3 is 2.26 bits per heavy atom. The number of nitrogens with zero attached hydrogens (tertiary/aromatic N) is 1. The van der Waals surface area contributed by atoms with E-state index >= 15 is 0 Å². The summed E-state index contributed by atoms with van der Waals surface area (Å²) in [4.78, 5) is 23.4. The number of benzene rings is 1. The van der Waals surface area contributed by atoms with Crippen LogP contribution >= 0.6 is 0 Å². The minimum Gasteiger partial charge on any atom is -0.466 e. The van der Waals surface area contributed by atoms with Crippen LogP contribution in [0.2, 0.25) is 0 Å². The Bertz CT molecular complexity index is 751. The Morgan fingerprint density at radius 1 is 1.11 bits per heavy atom. The predicted octanol–water partition coefficient (Wildman–Crippen LogP) is 2.64. The number of piperidine rings is 1. The van der Waals surface area contributed by atoms with Crippen LogP contribution in [0.5, 0.6) is 0 Å². The summed E-state index contributed by atoms with van der Waals surface area (Å²) in [6.45, 7) is 7.17. The summed E-state index contributed by atoms with van der Waals surface area (Å²) in [7, 11) is -3.54. The van der Waals surface area contributed by atoms with Crippen LogP contribution in [-0.4, -0.2) is 44.3 Å². The van der Waals surface area contributed by atoms with Crippen LogP contribution in [-0.2, 0) is 24.3 Å². The molecule has 1 aliphatic heterocycles. The van der Waals surface area contributed by atoms with Gasteiger partial charge in [-0.1, -0.05) is 13.8 Å². The fourth-order valence-electron chi connectivity index (χ4n) is 3.33. The number of ether oxygens (including phenoxy) is 1.